The standard InChI is InChI=1S/C15H21N3OS/c1-11(8-9-16)18(3)15(19)17-14-7-5-6-13(10-20-4)12(14)2/h5-7,11H,8,10H2,1-4H3,(H,17,19)/t11-/m1/s1. The highest BCUT2D eigenvalue weighted by Gasteiger charge is 2.16. The van der Waals surface area contributed by atoms with E-state index in [-0.39, 0.29) is 12.1 Å². The molecule has 0 radical (unpaired) electrons. The fourth-order valence-electron chi connectivity index (χ4n) is 1.80. The van der Waals surface area contributed by atoms with Gasteiger partial charge in [-0.25, -0.2) is 4.79 Å². The number of carbonyl (C=O) groups excluding carboxylic acids is 1. The van der Waals surface area contributed by atoms with Crippen LogP contribution < -0.4 is 5.32 Å². The zero-order chi connectivity index (χ0) is 15.1. The van der Waals surface area contributed by atoms with Gasteiger partial charge in [0.15, 0.2) is 0 Å². The number of anilines is 1. The molecular weight excluding hydrogens is 270 g/mol. The van der Waals surface area contributed by atoms with Crippen molar-refractivity contribution in [3.05, 3.63) is 29.3 Å². The van der Waals surface area contributed by atoms with Crippen molar-refractivity contribution in [1.82, 2.24) is 4.90 Å². The predicted molar refractivity (Wildman–Crippen MR) is 84.9 cm³/mol. The first-order valence-corrected chi connectivity index (χ1v) is 7.88. The molecule has 0 fully saturated rings. The summed E-state index contributed by atoms with van der Waals surface area (Å²) in [5.74, 6) is 0.927. The molecule has 1 aromatic rings. The van der Waals surface area contributed by atoms with E-state index in [1.807, 2.05) is 26.0 Å². The zero-order valence-electron chi connectivity index (χ0n) is 12.4. The van der Waals surface area contributed by atoms with Crippen LogP contribution in [0.5, 0.6) is 0 Å². The van der Waals surface area contributed by atoms with E-state index >= 15 is 0 Å². The summed E-state index contributed by atoms with van der Waals surface area (Å²) in [7, 11) is 1.71. The topological polar surface area (TPSA) is 56.1 Å². The second kappa shape index (κ2) is 7.81. The van der Waals surface area contributed by atoms with Gasteiger partial charge in [-0.05, 0) is 37.3 Å². The van der Waals surface area contributed by atoms with Crippen molar-refractivity contribution in [2.45, 2.75) is 32.1 Å². The molecule has 0 spiro atoms. The normalized spacial score (nSPS) is 11.6. The molecule has 0 aliphatic heterocycles. The molecular formula is C15H21N3OS. The third-order valence-electron chi connectivity index (χ3n) is 3.36. The van der Waals surface area contributed by atoms with Crippen molar-refractivity contribution >= 4 is 23.5 Å². The van der Waals surface area contributed by atoms with Crippen LogP contribution in [-0.4, -0.2) is 30.3 Å². The van der Waals surface area contributed by atoms with Crippen LogP contribution in [0.2, 0.25) is 0 Å². The minimum atomic E-state index is -0.183. The molecule has 0 heterocycles. The fraction of sp³-hybridized carbons (Fsp3) is 0.467. The van der Waals surface area contributed by atoms with Crippen LogP contribution in [0.25, 0.3) is 0 Å². The molecule has 0 bridgehead atoms. The van der Waals surface area contributed by atoms with Gasteiger partial charge in [-0.15, -0.1) is 0 Å². The lowest BCUT2D eigenvalue weighted by Crippen LogP contribution is -2.38. The van der Waals surface area contributed by atoms with Gasteiger partial charge in [0.05, 0.1) is 12.5 Å². The van der Waals surface area contributed by atoms with Crippen LogP contribution in [0.1, 0.15) is 24.5 Å². The number of nitrogens with one attached hydrogen (secondary N) is 1. The summed E-state index contributed by atoms with van der Waals surface area (Å²) >= 11 is 1.76. The molecule has 0 saturated heterocycles. The van der Waals surface area contributed by atoms with Gasteiger partial charge < -0.3 is 10.2 Å². The van der Waals surface area contributed by atoms with Crippen LogP contribution in [-0.2, 0) is 5.75 Å². The molecule has 1 N–H and O–H groups in total. The Kier molecular flexibility index (Phi) is 6.40. The van der Waals surface area contributed by atoms with Gasteiger partial charge in [0, 0.05) is 24.5 Å². The second-order valence-electron chi connectivity index (χ2n) is 4.78. The molecule has 20 heavy (non-hydrogen) atoms. The molecule has 0 aliphatic rings. The lowest BCUT2D eigenvalue weighted by atomic mass is 10.1. The molecule has 108 valence electrons. The van der Waals surface area contributed by atoms with E-state index in [9.17, 15) is 4.79 Å². The van der Waals surface area contributed by atoms with Crippen LogP contribution in [0.15, 0.2) is 18.2 Å². The molecule has 1 rings (SSSR count). The Morgan fingerprint density at radius 3 is 2.85 bits per heavy atom. The number of benzene rings is 1. The SMILES string of the molecule is CSCc1cccc(NC(=O)N(C)[C@H](C)CC#N)c1C. The van der Waals surface area contributed by atoms with E-state index in [0.29, 0.717) is 6.42 Å². The molecule has 0 unspecified atom stereocenters. The average Bonchev–Trinajstić information content (AvgIpc) is 2.42. The van der Waals surface area contributed by atoms with E-state index < -0.39 is 0 Å². The van der Waals surface area contributed by atoms with Gasteiger partial charge in [0.1, 0.15) is 0 Å². The van der Waals surface area contributed by atoms with Crippen LogP contribution in [0.3, 0.4) is 0 Å². The number of carbonyl (C=O) groups is 1. The quantitative estimate of drug-likeness (QED) is 0.901. The molecule has 5 heteroatoms. The minimum absolute atomic E-state index is 0.102. The Balaban J connectivity index is 2.81. The monoisotopic (exact) mass is 291 g/mol. The van der Waals surface area contributed by atoms with Crippen molar-refractivity contribution in [2.75, 3.05) is 18.6 Å². The number of nitriles is 1. The molecule has 0 aliphatic carbocycles. The summed E-state index contributed by atoms with van der Waals surface area (Å²) in [4.78, 5) is 13.7. The number of hydrogen-bond donors (Lipinski definition) is 1. The van der Waals surface area contributed by atoms with Gasteiger partial charge in [-0.1, -0.05) is 12.1 Å². The Morgan fingerprint density at radius 1 is 1.55 bits per heavy atom. The summed E-state index contributed by atoms with van der Waals surface area (Å²) in [6.07, 6.45) is 2.39. The van der Waals surface area contributed by atoms with E-state index in [1.54, 1.807) is 23.7 Å². The highest BCUT2D eigenvalue weighted by molar-refractivity contribution is 7.97. The van der Waals surface area contributed by atoms with Gasteiger partial charge in [-0.2, -0.15) is 17.0 Å². The third-order valence-corrected chi connectivity index (χ3v) is 3.96. The van der Waals surface area contributed by atoms with Crippen LogP contribution >= 0.6 is 11.8 Å². The maximum absolute atomic E-state index is 12.2. The number of thioether (sulfide) groups is 1. The molecule has 4 nitrogen and oxygen atoms in total. The fourth-order valence-corrected chi connectivity index (χ4v) is 2.43. The van der Waals surface area contributed by atoms with Crippen molar-refractivity contribution in [2.24, 2.45) is 0 Å². The van der Waals surface area contributed by atoms with Gasteiger partial charge in [0.2, 0.25) is 0 Å². The predicted octanol–water partition coefficient (Wildman–Crippen LogP) is 3.62. The number of nitrogens with zero attached hydrogens (tertiary/aromatic N) is 2. The van der Waals surface area contributed by atoms with Crippen molar-refractivity contribution < 1.29 is 4.79 Å². The maximum Gasteiger partial charge on any atom is 0.321 e. The first-order valence-electron chi connectivity index (χ1n) is 6.49. The number of hydrogen-bond acceptors (Lipinski definition) is 3. The number of rotatable bonds is 5. The van der Waals surface area contributed by atoms with Crippen LogP contribution in [0.4, 0.5) is 10.5 Å². The smallest absolute Gasteiger partial charge is 0.321 e. The Bertz CT molecular complexity index is 510. The third kappa shape index (κ3) is 4.17. The largest absolute Gasteiger partial charge is 0.324 e. The summed E-state index contributed by atoms with van der Waals surface area (Å²) < 4.78 is 0. The molecule has 1 aromatic carbocycles. The first kappa shape index (κ1) is 16.4. The van der Waals surface area contributed by atoms with Crippen molar-refractivity contribution in [1.29, 1.82) is 5.26 Å². The summed E-state index contributed by atoms with van der Waals surface area (Å²) in [6, 6.07) is 7.72. The molecule has 0 saturated carbocycles. The summed E-state index contributed by atoms with van der Waals surface area (Å²) in [5, 5.41) is 11.6. The minimum Gasteiger partial charge on any atom is -0.324 e. The Morgan fingerprint density at radius 2 is 2.25 bits per heavy atom. The Labute approximate surface area is 125 Å². The summed E-state index contributed by atoms with van der Waals surface area (Å²) in [6.45, 7) is 3.87. The van der Waals surface area contributed by atoms with E-state index in [4.69, 9.17) is 5.26 Å². The number of amides is 2. The second-order valence-corrected chi connectivity index (χ2v) is 5.64. The van der Waals surface area contributed by atoms with Gasteiger partial charge >= 0.3 is 6.03 Å². The zero-order valence-corrected chi connectivity index (χ0v) is 13.3. The maximum atomic E-state index is 12.2. The highest BCUT2D eigenvalue weighted by atomic mass is 32.2. The molecule has 0 aromatic heterocycles. The first-order chi connectivity index (χ1) is 9.51. The van der Waals surface area contributed by atoms with E-state index in [1.165, 1.54) is 5.56 Å². The van der Waals surface area contributed by atoms with E-state index in [2.05, 4.69) is 23.7 Å². The van der Waals surface area contributed by atoms with E-state index in [0.717, 1.165) is 17.0 Å². The van der Waals surface area contributed by atoms with Gasteiger partial charge in [0.25, 0.3) is 0 Å². The van der Waals surface area contributed by atoms with Gasteiger partial charge in [-0.3, -0.25) is 0 Å². The lowest BCUT2D eigenvalue weighted by Gasteiger charge is -2.24. The summed E-state index contributed by atoms with van der Waals surface area (Å²) in [5.41, 5.74) is 3.15. The average molecular weight is 291 g/mol. The lowest BCUT2D eigenvalue weighted by molar-refractivity contribution is 0.208. The Hall–Kier alpha value is -1.67. The van der Waals surface area contributed by atoms with Crippen molar-refractivity contribution in [3.63, 3.8) is 0 Å². The van der Waals surface area contributed by atoms with Crippen LogP contribution in [0, 0.1) is 18.3 Å². The van der Waals surface area contributed by atoms with Crippen molar-refractivity contribution in [3.8, 4) is 6.07 Å². The molecule has 1 atom stereocenters. The number of urea groups is 1. The highest BCUT2D eigenvalue weighted by Crippen LogP contribution is 2.22. The molecule has 2 amide bonds.